The van der Waals surface area contributed by atoms with Crippen molar-refractivity contribution in [2.75, 3.05) is 0 Å². The van der Waals surface area contributed by atoms with Crippen LogP contribution < -0.4 is 0 Å². The molecular formula is C12H13ClN4. The van der Waals surface area contributed by atoms with Crippen molar-refractivity contribution in [3.63, 3.8) is 0 Å². The Kier molecular flexibility index (Phi) is 1.89. The van der Waals surface area contributed by atoms with Crippen LogP contribution in [0.25, 0.3) is 11.4 Å². The summed E-state index contributed by atoms with van der Waals surface area (Å²) in [5, 5.41) is 4.41. The van der Waals surface area contributed by atoms with E-state index in [-0.39, 0.29) is 5.28 Å². The highest BCUT2D eigenvalue weighted by atomic mass is 35.5. The number of hydrogen-bond acceptors (Lipinski definition) is 3. The molecule has 0 amide bonds. The number of aromatic nitrogens is 4. The fraction of sp³-hybridized carbons (Fsp3) is 0.417. The van der Waals surface area contributed by atoms with E-state index in [1.807, 2.05) is 0 Å². The van der Waals surface area contributed by atoms with Gasteiger partial charge in [-0.1, -0.05) is 0 Å². The SMILES string of the molecule is [2H]C([2H])([2H])n1nc(-c2ccnc(Cl)n2)c2c1CCCC2. The van der Waals surface area contributed by atoms with Crippen LogP contribution in [0.1, 0.15) is 28.2 Å². The Hall–Kier alpha value is -1.42. The third kappa shape index (κ3) is 1.82. The van der Waals surface area contributed by atoms with Gasteiger partial charge in [-0.25, -0.2) is 9.97 Å². The highest BCUT2D eigenvalue weighted by molar-refractivity contribution is 6.28. The molecule has 2 heterocycles. The lowest BCUT2D eigenvalue weighted by Crippen LogP contribution is -2.05. The third-order valence-electron chi connectivity index (χ3n) is 3.05. The van der Waals surface area contributed by atoms with Gasteiger partial charge in [0.05, 0.1) is 5.69 Å². The minimum atomic E-state index is -2.27. The smallest absolute Gasteiger partial charge is 0.222 e. The van der Waals surface area contributed by atoms with E-state index in [1.165, 1.54) is 0 Å². The van der Waals surface area contributed by atoms with Crippen molar-refractivity contribution in [3.05, 3.63) is 28.8 Å². The maximum atomic E-state index is 7.61. The lowest BCUT2D eigenvalue weighted by Gasteiger charge is -2.12. The van der Waals surface area contributed by atoms with Crippen LogP contribution in [0.4, 0.5) is 0 Å². The van der Waals surface area contributed by atoms with Gasteiger partial charge in [0.15, 0.2) is 0 Å². The highest BCUT2D eigenvalue weighted by Gasteiger charge is 2.20. The summed E-state index contributed by atoms with van der Waals surface area (Å²) in [6.07, 6.45) is 5.13. The molecule has 0 radical (unpaired) electrons. The second-order valence-electron chi connectivity index (χ2n) is 4.10. The van der Waals surface area contributed by atoms with E-state index in [2.05, 4.69) is 15.1 Å². The first-order valence-electron chi connectivity index (χ1n) is 7.07. The molecule has 0 saturated carbocycles. The molecular weight excluding hydrogens is 236 g/mol. The molecule has 2 aromatic rings. The summed E-state index contributed by atoms with van der Waals surface area (Å²) in [6, 6.07) is 1.70. The molecule has 0 unspecified atom stereocenters. The lowest BCUT2D eigenvalue weighted by molar-refractivity contribution is 0.626. The van der Waals surface area contributed by atoms with Crippen LogP contribution in [-0.4, -0.2) is 19.7 Å². The summed E-state index contributed by atoms with van der Waals surface area (Å²) in [6.45, 7) is -2.27. The molecule has 0 N–H and O–H groups in total. The van der Waals surface area contributed by atoms with Crippen molar-refractivity contribution in [2.45, 2.75) is 25.7 Å². The predicted octanol–water partition coefficient (Wildman–Crippen LogP) is 2.41. The molecule has 0 spiro atoms. The summed E-state index contributed by atoms with van der Waals surface area (Å²) < 4.78 is 24.0. The third-order valence-corrected chi connectivity index (χ3v) is 3.23. The monoisotopic (exact) mass is 251 g/mol. The average Bonchev–Trinajstić information content (AvgIpc) is 2.78. The van der Waals surface area contributed by atoms with Crippen LogP contribution in [0.5, 0.6) is 0 Å². The van der Waals surface area contributed by atoms with Crippen LogP contribution in [0.15, 0.2) is 12.3 Å². The predicted molar refractivity (Wildman–Crippen MR) is 65.9 cm³/mol. The number of nitrogens with zero attached hydrogens (tertiary/aromatic N) is 4. The molecule has 5 heteroatoms. The largest absolute Gasteiger partial charge is 0.272 e. The van der Waals surface area contributed by atoms with Gasteiger partial charge in [0, 0.05) is 28.5 Å². The number of halogens is 1. The lowest BCUT2D eigenvalue weighted by atomic mass is 9.95. The first-order chi connectivity index (χ1) is 9.47. The van der Waals surface area contributed by atoms with E-state index in [9.17, 15) is 0 Å². The van der Waals surface area contributed by atoms with Crippen LogP contribution in [0.2, 0.25) is 5.28 Å². The minimum absolute atomic E-state index is 0.135. The van der Waals surface area contributed by atoms with E-state index in [0.29, 0.717) is 11.4 Å². The first-order valence-corrected chi connectivity index (χ1v) is 5.95. The zero-order valence-electron chi connectivity index (χ0n) is 12.1. The Labute approximate surface area is 109 Å². The molecule has 2 aromatic heterocycles. The highest BCUT2D eigenvalue weighted by Crippen LogP contribution is 2.29. The number of fused-ring (bicyclic) bond motifs is 1. The second-order valence-corrected chi connectivity index (χ2v) is 4.44. The van der Waals surface area contributed by atoms with Crippen molar-refractivity contribution in [2.24, 2.45) is 6.98 Å². The van der Waals surface area contributed by atoms with E-state index in [4.69, 9.17) is 15.7 Å². The fourth-order valence-corrected chi connectivity index (χ4v) is 2.42. The standard InChI is InChI=1S/C12H13ClN4/c1-17-10-5-3-2-4-8(10)11(16-17)9-6-7-14-12(13)15-9/h6-7H,2-5H2,1H3/i1D3. The quantitative estimate of drug-likeness (QED) is 0.731. The van der Waals surface area contributed by atoms with Crippen molar-refractivity contribution < 1.29 is 4.11 Å². The van der Waals surface area contributed by atoms with Crippen LogP contribution in [0.3, 0.4) is 0 Å². The fourth-order valence-electron chi connectivity index (χ4n) is 2.27. The van der Waals surface area contributed by atoms with E-state index < -0.39 is 6.98 Å². The van der Waals surface area contributed by atoms with Crippen molar-refractivity contribution in [1.29, 1.82) is 0 Å². The number of aryl methyl sites for hydroxylation is 1. The van der Waals surface area contributed by atoms with Gasteiger partial charge in [-0.3, -0.25) is 4.68 Å². The maximum Gasteiger partial charge on any atom is 0.222 e. The maximum absolute atomic E-state index is 7.61. The first kappa shape index (κ1) is 7.82. The van der Waals surface area contributed by atoms with Crippen molar-refractivity contribution in [1.82, 2.24) is 19.7 Å². The van der Waals surface area contributed by atoms with Crippen molar-refractivity contribution >= 4 is 11.6 Å². The van der Waals surface area contributed by atoms with E-state index in [0.717, 1.165) is 41.6 Å². The van der Waals surface area contributed by atoms with Crippen LogP contribution in [0, 0.1) is 0 Å². The molecule has 3 rings (SSSR count). The van der Waals surface area contributed by atoms with E-state index >= 15 is 0 Å². The normalized spacial score (nSPS) is 18.1. The van der Waals surface area contributed by atoms with E-state index in [1.54, 1.807) is 12.3 Å². The topological polar surface area (TPSA) is 43.6 Å². The van der Waals surface area contributed by atoms with Gasteiger partial charge >= 0.3 is 0 Å². The zero-order chi connectivity index (χ0) is 14.3. The minimum Gasteiger partial charge on any atom is -0.272 e. The zero-order valence-corrected chi connectivity index (χ0v) is 9.91. The molecule has 0 aliphatic heterocycles. The molecule has 1 aliphatic rings. The summed E-state index contributed by atoms with van der Waals surface area (Å²) in [5.41, 5.74) is 2.95. The Morgan fingerprint density at radius 2 is 2.29 bits per heavy atom. The molecule has 88 valence electrons. The Morgan fingerprint density at radius 1 is 1.41 bits per heavy atom. The second kappa shape index (κ2) is 4.11. The average molecular weight is 252 g/mol. The van der Waals surface area contributed by atoms with Gasteiger partial charge < -0.3 is 0 Å². The summed E-state index contributed by atoms with van der Waals surface area (Å²) in [7, 11) is 0. The Balaban J connectivity index is 2.19. The molecule has 4 nitrogen and oxygen atoms in total. The molecule has 0 fully saturated rings. The molecule has 17 heavy (non-hydrogen) atoms. The van der Waals surface area contributed by atoms with Gasteiger partial charge in [-0.15, -0.1) is 0 Å². The van der Waals surface area contributed by atoms with Gasteiger partial charge in [0.1, 0.15) is 5.69 Å². The van der Waals surface area contributed by atoms with Gasteiger partial charge in [-0.2, -0.15) is 5.10 Å². The molecule has 0 bridgehead atoms. The summed E-state index contributed by atoms with van der Waals surface area (Å²) >= 11 is 5.81. The summed E-state index contributed by atoms with van der Waals surface area (Å²) in [4.78, 5) is 7.98. The van der Waals surface area contributed by atoms with Gasteiger partial charge in [0.2, 0.25) is 5.28 Å². The number of hydrogen-bond donors (Lipinski definition) is 0. The Bertz CT molecular complexity index is 651. The molecule has 0 atom stereocenters. The number of rotatable bonds is 1. The molecule has 0 aromatic carbocycles. The van der Waals surface area contributed by atoms with Crippen LogP contribution in [-0.2, 0) is 19.8 Å². The summed E-state index contributed by atoms with van der Waals surface area (Å²) in [5.74, 6) is 0. The van der Waals surface area contributed by atoms with Gasteiger partial charge in [-0.05, 0) is 43.4 Å². The van der Waals surface area contributed by atoms with Gasteiger partial charge in [0.25, 0.3) is 0 Å². The van der Waals surface area contributed by atoms with Crippen LogP contribution >= 0.6 is 11.6 Å². The molecule has 0 saturated heterocycles. The van der Waals surface area contributed by atoms with Crippen molar-refractivity contribution in [3.8, 4) is 11.4 Å². The Morgan fingerprint density at radius 3 is 3.12 bits per heavy atom. The molecule has 1 aliphatic carbocycles.